The van der Waals surface area contributed by atoms with Crippen molar-refractivity contribution in [3.8, 4) is 5.75 Å². The van der Waals surface area contributed by atoms with Gasteiger partial charge < -0.3 is 9.64 Å². The van der Waals surface area contributed by atoms with Crippen LogP contribution in [0.3, 0.4) is 0 Å². The summed E-state index contributed by atoms with van der Waals surface area (Å²) in [6.45, 7) is -0.276. The standard InChI is InChI=1S/C12H13F3N2O4S/c1-21-10-3-2-7(4-9(10)12(13,14)15)17-6-8(5-11(17)18)22(16,19)20/h2-4,8H,5-6H2,1H3,(H2,16,19,20). The van der Waals surface area contributed by atoms with Gasteiger partial charge in [0, 0.05) is 18.7 Å². The van der Waals surface area contributed by atoms with Gasteiger partial charge in [-0.1, -0.05) is 0 Å². The van der Waals surface area contributed by atoms with Gasteiger partial charge in [0.25, 0.3) is 0 Å². The SMILES string of the molecule is COc1ccc(N2CC(S(N)(=O)=O)CC2=O)cc1C(F)(F)F. The molecule has 0 aliphatic carbocycles. The lowest BCUT2D eigenvalue weighted by Gasteiger charge is -2.19. The maximum absolute atomic E-state index is 13.0. The van der Waals surface area contributed by atoms with Crippen LogP contribution in [0.2, 0.25) is 0 Å². The number of sulfonamides is 1. The van der Waals surface area contributed by atoms with Crippen molar-refractivity contribution in [3.63, 3.8) is 0 Å². The van der Waals surface area contributed by atoms with Gasteiger partial charge in [-0.2, -0.15) is 13.2 Å². The molecule has 0 bridgehead atoms. The van der Waals surface area contributed by atoms with E-state index in [0.717, 1.165) is 24.1 Å². The van der Waals surface area contributed by atoms with Gasteiger partial charge in [-0.15, -0.1) is 0 Å². The summed E-state index contributed by atoms with van der Waals surface area (Å²) in [6.07, 6.45) is -5.02. The first-order valence-corrected chi connectivity index (χ1v) is 7.72. The Morgan fingerprint density at radius 2 is 2.00 bits per heavy atom. The molecule has 1 saturated heterocycles. The minimum absolute atomic E-state index is 0.0516. The van der Waals surface area contributed by atoms with Gasteiger partial charge in [-0.25, -0.2) is 13.6 Å². The van der Waals surface area contributed by atoms with E-state index in [2.05, 4.69) is 4.74 Å². The molecule has 2 N–H and O–H groups in total. The molecular formula is C12H13F3N2O4S. The molecule has 0 spiro atoms. The van der Waals surface area contributed by atoms with Crippen LogP contribution in [0.15, 0.2) is 18.2 Å². The lowest BCUT2D eigenvalue weighted by molar-refractivity contribution is -0.138. The molecule has 1 aromatic rings. The van der Waals surface area contributed by atoms with Crippen molar-refractivity contribution in [1.82, 2.24) is 0 Å². The summed E-state index contributed by atoms with van der Waals surface area (Å²) < 4.78 is 66.1. The molecule has 2 rings (SSSR count). The van der Waals surface area contributed by atoms with Crippen LogP contribution < -0.4 is 14.8 Å². The molecule has 122 valence electrons. The van der Waals surface area contributed by atoms with Crippen LogP contribution >= 0.6 is 0 Å². The number of carbonyl (C=O) groups excluding carboxylic acids is 1. The summed E-state index contributed by atoms with van der Waals surface area (Å²) >= 11 is 0. The number of benzene rings is 1. The van der Waals surface area contributed by atoms with Crippen molar-refractivity contribution in [2.75, 3.05) is 18.6 Å². The molecule has 22 heavy (non-hydrogen) atoms. The zero-order valence-electron chi connectivity index (χ0n) is 11.4. The number of nitrogens with two attached hydrogens (primary N) is 1. The van der Waals surface area contributed by atoms with Crippen LogP contribution in [0.1, 0.15) is 12.0 Å². The Kier molecular flexibility index (Phi) is 4.09. The highest BCUT2D eigenvalue weighted by atomic mass is 32.2. The molecule has 10 heteroatoms. The Balaban J connectivity index is 2.40. The average molecular weight is 338 g/mol. The average Bonchev–Trinajstić information content (AvgIpc) is 2.79. The summed E-state index contributed by atoms with van der Waals surface area (Å²) in [5.74, 6) is -0.983. The normalized spacial score (nSPS) is 19.6. The van der Waals surface area contributed by atoms with Gasteiger partial charge >= 0.3 is 6.18 Å². The van der Waals surface area contributed by atoms with E-state index < -0.39 is 32.9 Å². The summed E-state index contributed by atoms with van der Waals surface area (Å²) in [6, 6.07) is 3.09. The fraction of sp³-hybridized carbons (Fsp3) is 0.417. The van der Waals surface area contributed by atoms with Crippen molar-refractivity contribution in [2.24, 2.45) is 5.14 Å². The second-order valence-electron chi connectivity index (χ2n) is 4.80. The Morgan fingerprint density at radius 1 is 1.36 bits per heavy atom. The third-order valence-corrected chi connectivity index (χ3v) is 4.60. The summed E-state index contributed by atoms with van der Waals surface area (Å²) in [5.41, 5.74) is -1.09. The first-order valence-electron chi connectivity index (χ1n) is 6.11. The number of rotatable bonds is 3. The number of nitrogens with zero attached hydrogens (tertiary/aromatic N) is 1. The molecule has 1 unspecified atom stereocenters. The maximum Gasteiger partial charge on any atom is 0.420 e. The molecule has 1 aromatic carbocycles. The maximum atomic E-state index is 13.0. The molecular weight excluding hydrogens is 325 g/mol. The highest BCUT2D eigenvalue weighted by Crippen LogP contribution is 2.39. The van der Waals surface area contributed by atoms with Crippen molar-refractivity contribution < 1.29 is 31.1 Å². The van der Waals surface area contributed by atoms with Gasteiger partial charge in [0.2, 0.25) is 15.9 Å². The number of amides is 1. The molecule has 6 nitrogen and oxygen atoms in total. The highest BCUT2D eigenvalue weighted by Gasteiger charge is 2.39. The fourth-order valence-electron chi connectivity index (χ4n) is 2.23. The molecule has 1 fully saturated rings. The van der Waals surface area contributed by atoms with Gasteiger partial charge in [0.1, 0.15) is 11.0 Å². The Bertz CT molecular complexity index is 703. The Hall–Kier alpha value is -1.81. The Labute approximate surface area is 124 Å². The van der Waals surface area contributed by atoms with Gasteiger partial charge in [-0.05, 0) is 18.2 Å². The highest BCUT2D eigenvalue weighted by molar-refractivity contribution is 7.89. The zero-order valence-corrected chi connectivity index (χ0v) is 12.2. The molecule has 1 atom stereocenters. The van der Waals surface area contributed by atoms with Gasteiger partial charge in [0.15, 0.2) is 0 Å². The molecule has 1 amide bonds. The summed E-state index contributed by atoms with van der Waals surface area (Å²) in [4.78, 5) is 12.8. The van der Waals surface area contributed by atoms with E-state index in [0.29, 0.717) is 0 Å². The van der Waals surface area contributed by atoms with Gasteiger partial charge in [0.05, 0.1) is 12.7 Å². The van der Waals surface area contributed by atoms with Gasteiger partial charge in [-0.3, -0.25) is 4.79 Å². The number of primary sulfonamides is 1. The topological polar surface area (TPSA) is 89.7 Å². The summed E-state index contributed by atoms with van der Waals surface area (Å²) in [5, 5.41) is 3.85. The number of anilines is 1. The lowest BCUT2D eigenvalue weighted by atomic mass is 10.1. The van der Waals surface area contributed by atoms with Crippen molar-refractivity contribution >= 4 is 21.6 Å². The quantitative estimate of drug-likeness (QED) is 0.894. The van der Waals surface area contributed by atoms with Crippen LogP contribution in [-0.4, -0.2) is 33.2 Å². The van der Waals surface area contributed by atoms with Crippen LogP contribution in [-0.2, 0) is 21.0 Å². The second kappa shape index (κ2) is 5.43. The predicted molar refractivity (Wildman–Crippen MR) is 71.9 cm³/mol. The predicted octanol–water partition coefficient (Wildman–Crippen LogP) is 1.11. The minimum Gasteiger partial charge on any atom is -0.496 e. The number of ether oxygens (including phenoxy) is 1. The smallest absolute Gasteiger partial charge is 0.420 e. The lowest BCUT2D eigenvalue weighted by Crippen LogP contribution is -2.32. The zero-order chi connectivity index (χ0) is 16.7. The third kappa shape index (κ3) is 3.17. The second-order valence-corrected chi connectivity index (χ2v) is 6.65. The fourth-order valence-corrected chi connectivity index (χ4v) is 2.96. The monoisotopic (exact) mass is 338 g/mol. The van der Waals surface area contributed by atoms with Crippen molar-refractivity contribution in [3.05, 3.63) is 23.8 Å². The van der Waals surface area contributed by atoms with E-state index >= 15 is 0 Å². The van der Waals surface area contributed by atoms with E-state index in [4.69, 9.17) is 5.14 Å². The van der Waals surface area contributed by atoms with Crippen LogP contribution in [0.5, 0.6) is 5.75 Å². The number of methoxy groups -OCH3 is 1. The first kappa shape index (κ1) is 16.6. The van der Waals surface area contributed by atoms with E-state index in [1.807, 2.05) is 0 Å². The number of hydrogen-bond donors (Lipinski definition) is 1. The molecule has 0 radical (unpaired) electrons. The van der Waals surface area contributed by atoms with E-state index in [-0.39, 0.29) is 24.4 Å². The largest absolute Gasteiger partial charge is 0.496 e. The number of hydrogen-bond acceptors (Lipinski definition) is 4. The van der Waals surface area contributed by atoms with Crippen molar-refractivity contribution in [2.45, 2.75) is 17.8 Å². The van der Waals surface area contributed by atoms with Crippen LogP contribution in [0.25, 0.3) is 0 Å². The molecule has 1 aliphatic rings. The van der Waals surface area contributed by atoms with Crippen LogP contribution in [0, 0.1) is 0 Å². The summed E-state index contributed by atoms with van der Waals surface area (Å²) in [7, 11) is -2.84. The number of halogens is 3. The Morgan fingerprint density at radius 3 is 2.45 bits per heavy atom. The molecule has 0 saturated carbocycles. The number of carbonyl (C=O) groups is 1. The molecule has 1 aliphatic heterocycles. The minimum atomic E-state index is -4.66. The van der Waals surface area contributed by atoms with E-state index in [1.165, 1.54) is 6.07 Å². The third-order valence-electron chi connectivity index (χ3n) is 3.35. The molecule has 0 aromatic heterocycles. The van der Waals surface area contributed by atoms with E-state index in [9.17, 15) is 26.4 Å². The van der Waals surface area contributed by atoms with Crippen LogP contribution in [0.4, 0.5) is 18.9 Å². The van der Waals surface area contributed by atoms with Crippen molar-refractivity contribution in [1.29, 1.82) is 0 Å². The first-order chi connectivity index (χ1) is 10.0. The van der Waals surface area contributed by atoms with E-state index in [1.54, 1.807) is 0 Å². The molecule has 1 heterocycles. The number of alkyl halides is 3.